The van der Waals surface area contributed by atoms with E-state index in [-0.39, 0.29) is 18.4 Å². The maximum Gasteiger partial charge on any atom is 0.263 e. The zero-order chi connectivity index (χ0) is 19.8. The number of rotatable bonds is 5. The molecule has 2 heterocycles. The van der Waals surface area contributed by atoms with E-state index in [9.17, 15) is 9.59 Å². The van der Waals surface area contributed by atoms with Crippen LogP contribution in [0.1, 0.15) is 31.2 Å². The molecule has 1 N–H and O–H groups in total. The minimum Gasteiger partial charge on any atom is -0.354 e. The molecule has 1 aliphatic rings. The fourth-order valence-corrected chi connectivity index (χ4v) is 4.38. The Morgan fingerprint density at radius 2 is 1.82 bits per heavy atom. The first kappa shape index (κ1) is 19.2. The van der Waals surface area contributed by atoms with Gasteiger partial charge in [-0.2, -0.15) is 0 Å². The van der Waals surface area contributed by atoms with Gasteiger partial charge < -0.3 is 5.32 Å². The van der Waals surface area contributed by atoms with E-state index in [0.29, 0.717) is 26.8 Å². The van der Waals surface area contributed by atoms with Gasteiger partial charge in [-0.1, -0.05) is 36.4 Å². The van der Waals surface area contributed by atoms with E-state index < -0.39 is 0 Å². The number of nitrogens with one attached hydrogen (secondary N) is 1. The number of carbonyl (C=O) groups is 2. The third kappa shape index (κ3) is 3.59. The molecular weight excluding hydrogens is 507 g/mol. The van der Waals surface area contributed by atoms with Gasteiger partial charge in [0.05, 0.1) is 32.6 Å². The molecule has 0 unspecified atom stereocenters. The van der Waals surface area contributed by atoms with Crippen LogP contribution in [-0.2, 0) is 6.54 Å². The third-order valence-electron chi connectivity index (χ3n) is 4.41. The quantitative estimate of drug-likeness (QED) is 0.337. The van der Waals surface area contributed by atoms with Crippen molar-refractivity contribution >= 4 is 68.7 Å². The summed E-state index contributed by atoms with van der Waals surface area (Å²) in [5, 5.41) is 3.17. The molecule has 2 aromatic carbocycles. The van der Waals surface area contributed by atoms with Gasteiger partial charge in [-0.15, -0.1) is 11.3 Å². The van der Waals surface area contributed by atoms with Gasteiger partial charge in [-0.3, -0.25) is 14.5 Å². The third-order valence-corrected chi connectivity index (χ3v) is 6.42. The lowest BCUT2D eigenvalue weighted by Gasteiger charge is -2.14. The van der Waals surface area contributed by atoms with Crippen LogP contribution in [0.15, 0.2) is 61.2 Å². The number of hydrogen-bond acceptors (Lipinski definition) is 4. The normalized spacial score (nSPS) is 13.0. The Morgan fingerprint density at radius 3 is 2.50 bits per heavy atom. The van der Waals surface area contributed by atoms with Gasteiger partial charge >= 0.3 is 0 Å². The Bertz CT molecular complexity index is 1110. The summed E-state index contributed by atoms with van der Waals surface area (Å²) >= 11 is 9.61. The molecule has 0 saturated heterocycles. The molecule has 0 atom stereocenters. The number of imide groups is 1. The highest BCUT2D eigenvalue weighted by Crippen LogP contribution is 2.33. The summed E-state index contributed by atoms with van der Waals surface area (Å²) in [6, 6.07) is 16.6. The smallest absolute Gasteiger partial charge is 0.263 e. The van der Waals surface area contributed by atoms with Crippen molar-refractivity contribution in [3.8, 4) is 0 Å². The second kappa shape index (κ2) is 7.69. The zero-order valence-electron chi connectivity index (χ0n) is 14.5. The van der Waals surface area contributed by atoms with Crippen LogP contribution in [0.4, 0.5) is 5.69 Å². The van der Waals surface area contributed by atoms with Crippen LogP contribution >= 0.6 is 45.5 Å². The van der Waals surface area contributed by atoms with E-state index in [0.717, 1.165) is 14.0 Å². The molecular formula is C21H14ClIN2O2S. The van der Waals surface area contributed by atoms with Gasteiger partial charge in [0.2, 0.25) is 0 Å². The van der Waals surface area contributed by atoms with Crippen molar-refractivity contribution in [1.29, 1.82) is 0 Å². The molecule has 0 radical (unpaired) electrons. The topological polar surface area (TPSA) is 49.4 Å². The molecule has 3 aromatic rings. The van der Waals surface area contributed by atoms with Crippen molar-refractivity contribution in [3.05, 3.63) is 90.7 Å². The van der Waals surface area contributed by atoms with E-state index in [1.165, 1.54) is 16.2 Å². The molecule has 4 nitrogen and oxygen atoms in total. The number of anilines is 1. The first-order valence-electron chi connectivity index (χ1n) is 8.39. The number of carbonyl (C=O) groups excluding carboxylic acids is 2. The van der Waals surface area contributed by atoms with Crippen molar-refractivity contribution in [2.45, 2.75) is 6.54 Å². The number of thiophene rings is 1. The maximum atomic E-state index is 13.0. The van der Waals surface area contributed by atoms with E-state index in [2.05, 4.69) is 34.5 Å². The Hall–Kier alpha value is -2.16. The molecule has 0 fully saturated rings. The van der Waals surface area contributed by atoms with Crippen LogP contribution < -0.4 is 5.32 Å². The Kier molecular flexibility index (Phi) is 5.27. The van der Waals surface area contributed by atoms with Crippen LogP contribution in [0.3, 0.4) is 0 Å². The number of benzene rings is 2. The molecule has 4 rings (SSSR count). The SMILES string of the molecule is C=C(Nc1cccc2c1C(=O)N(Cc1ccc(I)cc1)C2=O)c1ccc(Cl)s1. The van der Waals surface area contributed by atoms with Crippen LogP contribution in [0.5, 0.6) is 0 Å². The van der Waals surface area contributed by atoms with Crippen molar-refractivity contribution in [2.24, 2.45) is 0 Å². The van der Waals surface area contributed by atoms with Crippen molar-refractivity contribution in [3.63, 3.8) is 0 Å². The average Bonchev–Trinajstić information content (AvgIpc) is 3.21. The maximum absolute atomic E-state index is 13.0. The second-order valence-electron chi connectivity index (χ2n) is 6.26. The second-order valence-corrected chi connectivity index (χ2v) is 9.22. The molecule has 1 aliphatic heterocycles. The minimum absolute atomic E-state index is 0.240. The average molecular weight is 521 g/mol. The molecule has 28 heavy (non-hydrogen) atoms. The number of nitrogens with zero attached hydrogens (tertiary/aromatic N) is 1. The Labute approximate surface area is 185 Å². The molecule has 2 amide bonds. The summed E-state index contributed by atoms with van der Waals surface area (Å²) < 4.78 is 1.76. The number of fused-ring (bicyclic) bond motifs is 1. The highest BCUT2D eigenvalue weighted by Gasteiger charge is 2.37. The van der Waals surface area contributed by atoms with Crippen molar-refractivity contribution in [2.75, 3.05) is 5.32 Å². The lowest BCUT2D eigenvalue weighted by molar-refractivity contribution is 0.0642. The lowest BCUT2D eigenvalue weighted by Crippen LogP contribution is -2.29. The van der Waals surface area contributed by atoms with Crippen LogP contribution in [-0.4, -0.2) is 16.7 Å². The molecule has 0 spiro atoms. The zero-order valence-corrected chi connectivity index (χ0v) is 18.3. The Morgan fingerprint density at radius 1 is 1.07 bits per heavy atom. The first-order chi connectivity index (χ1) is 13.4. The predicted molar refractivity (Wildman–Crippen MR) is 122 cm³/mol. The highest BCUT2D eigenvalue weighted by molar-refractivity contribution is 14.1. The van der Waals surface area contributed by atoms with Gasteiger partial charge in [0, 0.05) is 9.27 Å². The van der Waals surface area contributed by atoms with E-state index in [1.54, 1.807) is 24.3 Å². The monoisotopic (exact) mass is 520 g/mol. The highest BCUT2D eigenvalue weighted by atomic mass is 127. The predicted octanol–water partition coefficient (Wildman–Crippen LogP) is 5.89. The fraction of sp³-hybridized carbons (Fsp3) is 0.0476. The standard InChI is InChI=1S/C21H14ClIN2O2S/c1-12(17-9-10-18(22)28-17)24-16-4-2-3-15-19(16)21(27)25(20(15)26)11-13-5-7-14(23)8-6-13/h2-10,24H,1,11H2. The van der Waals surface area contributed by atoms with Gasteiger partial charge in [0.15, 0.2) is 0 Å². The summed E-state index contributed by atoms with van der Waals surface area (Å²) in [5.74, 6) is -0.592. The Balaban J connectivity index is 1.62. The first-order valence-corrected chi connectivity index (χ1v) is 10.7. The van der Waals surface area contributed by atoms with E-state index >= 15 is 0 Å². The minimum atomic E-state index is -0.307. The van der Waals surface area contributed by atoms with Gasteiger partial charge in [-0.05, 0) is 64.6 Å². The van der Waals surface area contributed by atoms with E-state index in [4.69, 9.17) is 11.6 Å². The number of hydrogen-bond donors (Lipinski definition) is 1. The lowest BCUT2D eigenvalue weighted by atomic mass is 10.1. The van der Waals surface area contributed by atoms with E-state index in [1.807, 2.05) is 30.3 Å². The largest absolute Gasteiger partial charge is 0.354 e. The molecule has 0 bridgehead atoms. The van der Waals surface area contributed by atoms with Crippen LogP contribution in [0, 0.1) is 3.57 Å². The van der Waals surface area contributed by atoms with Crippen molar-refractivity contribution in [1.82, 2.24) is 4.90 Å². The summed E-state index contributed by atoms with van der Waals surface area (Å²) in [7, 11) is 0. The number of halogens is 2. The molecule has 1 aromatic heterocycles. The van der Waals surface area contributed by atoms with Crippen molar-refractivity contribution < 1.29 is 9.59 Å². The fourth-order valence-electron chi connectivity index (χ4n) is 3.05. The van der Waals surface area contributed by atoms with Gasteiger partial charge in [0.1, 0.15) is 0 Å². The summed E-state index contributed by atoms with van der Waals surface area (Å²) in [5.41, 5.74) is 2.87. The van der Waals surface area contributed by atoms with Gasteiger partial charge in [0.25, 0.3) is 11.8 Å². The molecule has 0 saturated carbocycles. The molecule has 7 heteroatoms. The van der Waals surface area contributed by atoms with Crippen LogP contribution in [0.25, 0.3) is 5.70 Å². The summed E-state index contributed by atoms with van der Waals surface area (Å²) in [6.45, 7) is 4.27. The van der Waals surface area contributed by atoms with Gasteiger partial charge in [-0.25, -0.2) is 0 Å². The number of amides is 2. The molecule has 140 valence electrons. The summed E-state index contributed by atoms with van der Waals surface area (Å²) in [6.07, 6.45) is 0. The summed E-state index contributed by atoms with van der Waals surface area (Å²) in [4.78, 5) is 28.0. The van der Waals surface area contributed by atoms with Crippen LogP contribution in [0.2, 0.25) is 4.34 Å². The molecule has 0 aliphatic carbocycles.